The Morgan fingerprint density at radius 3 is 2.67 bits per heavy atom. The van der Waals surface area contributed by atoms with E-state index in [0.717, 1.165) is 25.9 Å². The SMILES string of the molecule is FC(F)(F)Cc1cc(NC2CCNCC2)ncn1. The molecule has 1 aromatic rings. The maximum Gasteiger partial charge on any atom is 0.394 e. The normalized spacial score (nSPS) is 17.7. The predicted molar refractivity (Wildman–Crippen MR) is 61.3 cm³/mol. The molecule has 0 bridgehead atoms. The second kappa shape index (κ2) is 5.51. The molecule has 1 aromatic heterocycles. The fourth-order valence-corrected chi connectivity index (χ4v) is 1.95. The third-order valence-electron chi connectivity index (χ3n) is 2.80. The Hall–Kier alpha value is -1.37. The summed E-state index contributed by atoms with van der Waals surface area (Å²) in [5.41, 5.74) is -0.00562. The zero-order chi connectivity index (χ0) is 13.0. The Labute approximate surface area is 103 Å². The van der Waals surface area contributed by atoms with Crippen LogP contribution < -0.4 is 10.6 Å². The van der Waals surface area contributed by atoms with Gasteiger partial charge in [-0.2, -0.15) is 13.2 Å². The van der Waals surface area contributed by atoms with Crippen molar-refractivity contribution >= 4 is 5.82 Å². The molecule has 0 aliphatic carbocycles. The van der Waals surface area contributed by atoms with E-state index < -0.39 is 12.6 Å². The smallest absolute Gasteiger partial charge is 0.367 e. The van der Waals surface area contributed by atoms with Crippen molar-refractivity contribution in [2.45, 2.75) is 31.5 Å². The standard InChI is InChI=1S/C11H15F3N4/c12-11(13,14)6-9-5-10(17-7-16-9)18-8-1-3-15-4-2-8/h5,7-8,15H,1-4,6H2,(H,16,17,18). The molecule has 18 heavy (non-hydrogen) atoms. The van der Waals surface area contributed by atoms with Gasteiger partial charge in [-0.1, -0.05) is 0 Å². The van der Waals surface area contributed by atoms with Crippen molar-refractivity contribution in [2.24, 2.45) is 0 Å². The van der Waals surface area contributed by atoms with E-state index in [1.165, 1.54) is 12.4 Å². The number of hydrogen-bond donors (Lipinski definition) is 2. The lowest BCUT2D eigenvalue weighted by Gasteiger charge is -2.24. The van der Waals surface area contributed by atoms with Crippen molar-refractivity contribution in [2.75, 3.05) is 18.4 Å². The van der Waals surface area contributed by atoms with Gasteiger partial charge in [0.1, 0.15) is 12.1 Å². The molecule has 7 heteroatoms. The fraction of sp³-hybridized carbons (Fsp3) is 0.636. The molecule has 100 valence electrons. The van der Waals surface area contributed by atoms with Gasteiger partial charge in [-0.25, -0.2) is 9.97 Å². The molecule has 1 saturated heterocycles. The van der Waals surface area contributed by atoms with E-state index in [1.54, 1.807) is 0 Å². The first-order valence-electron chi connectivity index (χ1n) is 5.88. The summed E-state index contributed by atoms with van der Waals surface area (Å²) in [6.07, 6.45) is -2.20. The third kappa shape index (κ3) is 4.14. The number of alkyl halides is 3. The highest BCUT2D eigenvalue weighted by Gasteiger charge is 2.28. The van der Waals surface area contributed by atoms with Crippen molar-refractivity contribution in [1.29, 1.82) is 0 Å². The van der Waals surface area contributed by atoms with Crippen LogP contribution in [0.15, 0.2) is 12.4 Å². The average molecular weight is 260 g/mol. The summed E-state index contributed by atoms with van der Waals surface area (Å²) in [6.45, 7) is 1.83. The van der Waals surface area contributed by atoms with Gasteiger partial charge in [-0.15, -0.1) is 0 Å². The number of hydrogen-bond acceptors (Lipinski definition) is 4. The molecular weight excluding hydrogens is 245 g/mol. The minimum absolute atomic E-state index is 0.00562. The second-order valence-electron chi connectivity index (χ2n) is 4.36. The summed E-state index contributed by atoms with van der Waals surface area (Å²) in [5.74, 6) is 0.469. The van der Waals surface area contributed by atoms with Crippen molar-refractivity contribution in [3.05, 3.63) is 18.1 Å². The molecule has 1 aliphatic rings. The molecule has 2 N–H and O–H groups in total. The summed E-state index contributed by atoms with van der Waals surface area (Å²) >= 11 is 0. The minimum Gasteiger partial charge on any atom is -0.367 e. The molecule has 1 fully saturated rings. The Morgan fingerprint density at radius 2 is 2.00 bits per heavy atom. The van der Waals surface area contributed by atoms with Crippen molar-refractivity contribution in [3.8, 4) is 0 Å². The van der Waals surface area contributed by atoms with Crippen LogP contribution in [0.25, 0.3) is 0 Å². The van der Waals surface area contributed by atoms with Gasteiger partial charge in [-0.3, -0.25) is 0 Å². The monoisotopic (exact) mass is 260 g/mol. The lowest BCUT2D eigenvalue weighted by molar-refractivity contribution is -0.127. The first-order valence-corrected chi connectivity index (χ1v) is 5.88. The van der Waals surface area contributed by atoms with Crippen molar-refractivity contribution < 1.29 is 13.2 Å². The number of anilines is 1. The summed E-state index contributed by atoms with van der Waals surface area (Å²) in [4.78, 5) is 7.59. The predicted octanol–water partition coefficient (Wildman–Crippen LogP) is 1.75. The maximum absolute atomic E-state index is 12.2. The van der Waals surface area contributed by atoms with E-state index in [1.807, 2.05) is 0 Å². The average Bonchev–Trinajstić information content (AvgIpc) is 2.28. The first-order chi connectivity index (χ1) is 8.53. The van der Waals surface area contributed by atoms with E-state index in [4.69, 9.17) is 0 Å². The molecule has 0 atom stereocenters. The van der Waals surface area contributed by atoms with E-state index in [2.05, 4.69) is 20.6 Å². The molecule has 0 unspecified atom stereocenters. The Morgan fingerprint density at radius 1 is 1.28 bits per heavy atom. The van der Waals surface area contributed by atoms with E-state index in [-0.39, 0.29) is 11.7 Å². The fourth-order valence-electron chi connectivity index (χ4n) is 1.95. The molecule has 0 aromatic carbocycles. The van der Waals surface area contributed by atoms with Gasteiger partial charge in [0.2, 0.25) is 0 Å². The second-order valence-corrected chi connectivity index (χ2v) is 4.36. The highest BCUT2D eigenvalue weighted by Crippen LogP contribution is 2.21. The molecule has 1 aliphatic heterocycles. The highest BCUT2D eigenvalue weighted by molar-refractivity contribution is 5.36. The van der Waals surface area contributed by atoms with Crippen LogP contribution in [-0.2, 0) is 6.42 Å². The van der Waals surface area contributed by atoms with Crippen molar-refractivity contribution in [1.82, 2.24) is 15.3 Å². The number of halogens is 3. The van der Waals surface area contributed by atoms with Crippen LogP contribution in [-0.4, -0.2) is 35.3 Å². The molecule has 0 spiro atoms. The lowest BCUT2D eigenvalue weighted by Crippen LogP contribution is -2.35. The van der Waals surface area contributed by atoms with Crippen LogP contribution >= 0.6 is 0 Å². The number of aromatic nitrogens is 2. The van der Waals surface area contributed by atoms with Gasteiger partial charge < -0.3 is 10.6 Å². The van der Waals surface area contributed by atoms with Crippen LogP contribution in [0.2, 0.25) is 0 Å². The molecule has 4 nitrogen and oxygen atoms in total. The molecule has 0 saturated carbocycles. The van der Waals surface area contributed by atoms with Gasteiger partial charge in [0.25, 0.3) is 0 Å². The Bertz CT molecular complexity index is 388. The third-order valence-corrected chi connectivity index (χ3v) is 2.80. The zero-order valence-electron chi connectivity index (χ0n) is 9.80. The van der Waals surface area contributed by atoms with Crippen molar-refractivity contribution in [3.63, 3.8) is 0 Å². The van der Waals surface area contributed by atoms with Gasteiger partial charge in [0.05, 0.1) is 12.1 Å². The van der Waals surface area contributed by atoms with E-state index >= 15 is 0 Å². The largest absolute Gasteiger partial charge is 0.394 e. The van der Waals surface area contributed by atoms with E-state index in [0.29, 0.717) is 5.82 Å². The maximum atomic E-state index is 12.2. The van der Waals surface area contributed by atoms with Crippen LogP contribution in [0.3, 0.4) is 0 Å². The minimum atomic E-state index is -4.24. The molecule has 0 amide bonds. The molecule has 2 rings (SSSR count). The van der Waals surface area contributed by atoms with Crippen LogP contribution in [0.5, 0.6) is 0 Å². The Kier molecular flexibility index (Phi) is 4.00. The summed E-state index contributed by atoms with van der Waals surface area (Å²) in [5, 5.41) is 6.37. The summed E-state index contributed by atoms with van der Waals surface area (Å²) < 4.78 is 36.7. The summed E-state index contributed by atoms with van der Waals surface area (Å²) in [7, 11) is 0. The Balaban J connectivity index is 1.98. The number of piperidine rings is 1. The van der Waals surface area contributed by atoms with Crippen LogP contribution in [0, 0.1) is 0 Å². The lowest BCUT2D eigenvalue weighted by atomic mass is 10.1. The molecule has 2 heterocycles. The van der Waals surface area contributed by atoms with Gasteiger partial charge >= 0.3 is 6.18 Å². The van der Waals surface area contributed by atoms with Gasteiger partial charge in [0.15, 0.2) is 0 Å². The molecular formula is C11H15F3N4. The zero-order valence-corrected chi connectivity index (χ0v) is 9.80. The number of nitrogens with one attached hydrogen (secondary N) is 2. The van der Waals surface area contributed by atoms with Gasteiger partial charge in [0, 0.05) is 12.1 Å². The van der Waals surface area contributed by atoms with Crippen LogP contribution in [0.4, 0.5) is 19.0 Å². The first kappa shape index (κ1) is 13.1. The summed E-state index contributed by atoms with van der Waals surface area (Å²) in [6, 6.07) is 1.63. The van der Waals surface area contributed by atoms with Gasteiger partial charge in [-0.05, 0) is 25.9 Å². The number of nitrogens with zero attached hydrogens (tertiary/aromatic N) is 2. The highest BCUT2D eigenvalue weighted by atomic mass is 19.4. The number of rotatable bonds is 3. The molecule has 0 radical (unpaired) electrons. The van der Waals surface area contributed by atoms with E-state index in [9.17, 15) is 13.2 Å². The van der Waals surface area contributed by atoms with Crippen LogP contribution in [0.1, 0.15) is 18.5 Å². The topological polar surface area (TPSA) is 49.8 Å². The quantitative estimate of drug-likeness (QED) is 0.869.